The zero-order valence-corrected chi connectivity index (χ0v) is 49.5. The lowest BCUT2D eigenvalue weighted by Crippen LogP contribution is -2.61. The number of hydrogen-bond acceptors (Lipinski definition) is 3. The van der Waals surface area contributed by atoms with Gasteiger partial charge in [0.2, 0.25) is 0 Å². The molecule has 0 saturated carbocycles. The second-order valence-corrected chi connectivity index (χ2v) is 26.7. The molecular formula is C76H72BN3O. The maximum absolute atomic E-state index is 6.47. The summed E-state index contributed by atoms with van der Waals surface area (Å²) < 4.78 is 8.98. The summed E-state index contributed by atoms with van der Waals surface area (Å²) in [4.78, 5) is 5.37. The predicted molar refractivity (Wildman–Crippen MR) is 349 cm³/mol. The molecule has 9 aromatic carbocycles. The quantitative estimate of drug-likeness (QED) is 0.161. The monoisotopic (exact) mass is 1050 g/mol. The molecule has 0 saturated heterocycles. The Morgan fingerprint density at radius 2 is 1.01 bits per heavy atom. The van der Waals surface area contributed by atoms with Crippen LogP contribution in [0.4, 0.5) is 34.1 Å². The molecule has 11 aromatic rings. The number of aromatic nitrogens is 1. The topological polar surface area (TPSA) is 24.6 Å². The van der Waals surface area contributed by atoms with Crippen LogP contribution in [0.2, 0.25) is 0 Å². The third-order valence-corrected chi connectivity index (χ3v) is 18.0. The molecule has 400 valence electrons. The van der Waals surface area contributed by atoms with E-state index in [9.17, 15) is 0 Å². The van der Waals surface area contributed by atoms with Crippen LogP contribution < -0.4 is 26.2 Å². The second-order valence-electron chi connectivity index (χ2n) is 26.7. The number of benzene rings is 9. The number of furan rings is 1. The number of fused-ring (bicyclic) bond motifs is 10. The van der Waals surface area contributed by atoms with Gasteiger partial charge in [0.15, 0.2) is 0 Å². The van der Waals surface area contributed by atoms with Crippen LogP contribution in [-0.4, -0.2) is 11.3 Å². The Balaban J connectivity index is 1.10. The average Bonchev–Trinajstić information content (AvgIpc) is 4.19. The van der Waals surface area contributed by atoms with Crippen LogP contribution in [0.1, 0.15) is 120 Å². The van der Waals surface area contributed by atoms with Crippen LogP contribution in [0.5, 0.6) is 0 Å². The van der Waals surface area contributed by atoms with Gasteiger partial charge in [0.1, 0.15) is 11.2 Å². The van der Waals surface area contributed by atoms with E-state index in [0.717, 1.165) is 40.5 Å². The number of rotatable bonds is 5. The lowest BCUT2D eigenvalue weighted by Gasteiger charge is -2.46. The molecule has 0 spiro atoms. The molecule has 1 aliphatic carbocycles. The van der Waals surface area contributed by atoms with Gasteiger partial charge in [-0.2, -0.15) is 0 Å². The van der Waals surface area contributed by atoms with Crippen LogP contribution in [0.3, 0.4) is 0 Å². The normalized spacial score (nSPS) is 14.3. The molecule has 0 unspecified atom stereocenters. The van der Waals surface area contributed by atoms with Gasteiger partial charge in [-0.3, -0.25) is 0 Å². The summed E-state index contributed by atoms with van der Waals surface area (Å²) in [5.74, 6) is 0. The van der Waals surface area contributed by atoms with Gasteiger partial charge in [-0.25, -0.2) is 0 Å². The Morgan fingerprint density at radius 3 is 1.65 bits per heavy atom. The van der Waals surface area contributed by atoms with E-state index in [2.05, 4.69) is 280 Å². The SMILES string of the molecule is Cc1cc(-c2cccc3oc4ccccc4c23)cc(C)c1N1c2cc(C(C)(C)C)ccc2B2c3cc4c5cc(C(C)(C)C)ccc5n(-c5ccccc5)c4cc3N(c3c(C)cc(C4=CCCC=C4)cc3C)c3cc(C(C)(C)C)cc1c32. The van der Waals surface area contributed by atoms with Gasteiger partial charge in [0, 0.05) is 50.0 Å². The summed E-state index contributed by atoms with van der Waals surface area (Å²) >= 11 is 0. The molecule has 81 heavy (non-hydrogen) atoms. The van der Waals surface area contributed by atoms with Crippen molar-refractivity contribution in [2.45, 2.75) is 119 Å². The van der Waals surface area contributed by atoms with Gasteiger partial charge >= 0.3 is 0 Å². The lowest BCUT2D eigenvalue weighted by molar-refractivity contribution is 0.590. The van der Waals surface area contributed by atoms with Gasteiger partial charge in [0.05, 0.1) is 22.4 Å². The van der Waals surface area contributed by atoms with Crippen LogP contribution in [0.15, 0.2) is 180 Å². The summed E-state index contributed by atoms with van der Waals surface area (Å²) in [7, 11) is 0. The van der Waals surface area contributed by atoms with Gasteiger partial charge < -0.3 is 18.8 Å². The molecule has 0 amide bonds. The van der Waals surface area contributed by atoms with Crippen molar-refractivity contribution in [2.24, 2.45) is 0 Å². The molecule has 5 heteroatoms. The molecule has 4 nitrogen and oxygen atoms in total. The highest BCUT2D eigenvalue weighted by Crippen LogP contribution is 2.51. The van der Waals surface area contributed by atoms with Crippen molar-refractivity contribution in [3.05, 3.63) is 220 Å². The summed E-state index contributed by atoms with van der Waals surface area (Å²) in [5.41, 5.74) is 30.3. The lowest BCUT2D eigenvalue weighted by atomic mass is 9.33. The number of aryl methyl sites for hydroxylation is 4. The molecule has 3 aliphatic rings. The van der Waals surface area contributed by atoms with Crippen LogP contribution in [0, 0.1) is 27.7 Å². The van der Waals surface area contributed by atoms with E-state index in [4.69, 9.17) is 4.42 Å². The van der Waals surface area contributed by atoms with Crippen LogP contribution >= 0.6 is 0 Å². The van der Waals surface area contributed by atoms with E-state index in [0.29, 0.717) is 0 Å². The van der Waals surface area contributed by atoms with Gasteiger partial charge in [-0.15, -0.1) is 0 Å². The highest BCUT2D eigenvalue weighted by molar-refractivity contribution is 7.00. The number of allylic oxidation sites excluding steroid dienone is 4. The summed E-state index contributed by atoms with van der Waals surface area (Å²) in [5, 5.41) is 4.85. The van der Waals surface area contributed by atoms with Crippen molar-refractivity contribution in [1.82, 2.24) is 4.57 Å². The first-order chi connectivity index (χ1) is 38.7. The average molecular weight is 1050 g/mol. The number of hydrogen-bond donors (Lipinski definition) is 0. The minimum Gasteiger partial charge on any atom is -0.456 e. The van der Waals surface area contributed by atoms with E-state index >= 15 is 0 Å². The minimum atomic E-state index is -0.186. The highest BCUT2D eigenvalue weighted by Gasteiger charge is 2.46. The summed E-state index contributed by atoms with van der Waals surface area (Å²) in [6, 6.07) is 60.7. The third kappa shape index (κ3) is 8.00. The minimum absolute atomic E-state index is 0.0321. The van der Waals surface area contributed by atoms with Crippen molar-refractivity contribution in [3.8, 4) is 16.8 Å². The molecular weight excluding hydrogens is 982 g/mol. The zero-order valence-electron chi connectivity index (χ0n) is 49.5. The molecule has 0 atom stereocenters. The van der Waals surface area contributed by atoms with Gasteiger partial charge in [-0.1, -0.05) is 153 Å². The van der Waals surface area contributed by atoms with Crippen molar-refractivity contribution in [2.75, 3.05) is 9.80 Å². The maximum Gasteiger partial charge on any atom is 0.252 e. The van der Waals surface area contributed by atoms with Crippen molar-refractivity contribution in [3.63, 3.8) is 0 Å². The predicted octanol–water partition coefficient (Wildman–Crippen LogP) is 19.3. The standard InChI is InChI=1S/C76H72BN3O/c1-45-35-50(49-23-16-14-17-24-49)36-46(2)72(45)80-65-44-63-59(58-39-52(74(5,6)7)32-34-62(58)78(63)55-25-18-15-19-26-55)43-61(65)77-60-33-31-53(75(8,9)10)40-64(60)79(66-41-54(76(11,12)13)42-67(80)71(66)77)73-47(3)37-51(38-48(73)4)56-28-22-30-69-70(56)57-27-20-21-29-68(57)81-69/h15-16,18-44H,14,17H2,1-13H3. The molecule has 0 fully saturated rings. The number of anilines is 6. The van der Waals surface area contributed by atoms with E-state index in [1.54, 1.807) is 0 Å². The maximum atomic E-state index is 6.47. The first-order valence-electron chi connectivity index (χ1n) is 29.3. The fraction of sp³-hybridized carbons (Fsp3) is 0.237. The molecule has 2 aromatic heterocycles. The third-order valence-electron chi connectivity index (χ3n) is 18.0. The second kappa shape index (κ2) is 18.1. The van der Waals surface area contributed by atoms with E-state index in [-0.39, 0.29) is 23.0 Å². The smallest absolute Gasteiger partial charge is 0.252 e. The zero-order chi connectivity index (χ0) is 56.2. The van der Waals surface area contributed by atoms with Gasteiger partial charge in [-0.05, 0) is 219 Å². The number of para-hydroxylation sites is 2. The Kier molecular flexibility index (Phi) is 11.4. The van der Waals surface area contributed by atoms with Gasteiger partial charge in [0.25, 0.3) is 6.71 Å². The molecule has 2 aliphatic heterocycles. The largest absolute Gasteiger partial charge is 0.456 e. The Labute approximate surface area is 479 Å². The van der Waals surface area contributed by atoms with E-state index in [1.165, 1.54) is 134 Å². The Hall–Kier alpha value is -8.28. The molecule has 0 bridgehead atoms. The van der Waals surface area contributed by atoms with Crippen molar-refractivity contribution >= 4 is 107 Å². The first kappa shape index (κ1) is 50.9. The van der Waals surface area contributed by atoms with Crippen LogP contribution in [0.25, 0.3) is 66.1 Å². The fourth-order valence-corrected chi connectivity index (χ4v) is 14.0. The Bertz CT molecular complexity index is 4470. The van der Waals surface area contributed by atoms with Crippen molar-refractivity contribution < 1.29 is 4.42 Å². The Morgan fingerprint density at radius 1 is 0.444 bits per heavy atom. The molecule has 0 N–H and O–H groups in total. The summed E-state index contributed by atoms with van der Waals surface area (Å²) in [6.07, 6.45) is 9.21. The van der Waals surface area contributed by atoms with E-state index < -0.39 is 0 Å². The molecule has 0 radical (unpaired) electrons. The molecule has 4 heterocycles. The fourth-order valence-electron chi connectivity index (χ4n) is 14.0. The highest BCUT2D eigenvalue weighted by atomic mass is 16.3. The van der Waals surface area contributed by atoms with Crippen LogP contribution in [-0.2, 0) is 16.2 Å². The van der Waals surface area contributed by atoms with Crippen molar-refractivity contribution in [1.29, 1.82) is 0 Å². The molecule has 14 rings (SSSR count). The summed E-state index contributed by atoms with van der Waals surface area (Å²) in [6.45, 7) is 30.5. The number of nitrogens with zero attached hydrogens (tertiary/aromatic N) is 3. The first-order valence-corrected chi connectivity index (χ1v) is 29.3. The van der Waals surface area contributed by atoms with E-state index in [1.807, 2.05) is 0 Å².